The fourth-order valence-electron chi connectivity index (χ4n) is 3.13. The molecule has 4 heteroatoms. The van der Waals surface area contributed by atoms with Gasteiger partial charge in [-0.15, -0.1) is 0 Å². The minimum absolute atomic E-state index is 0.0602. The van der Waals surface area contributed by atoms with Crippen molar-refractivity contribution in [1.82, 2.24) is 9.78 Å². The SMILES string of the molecule is CCn1nc(CC2(O)CSCCC2(C)C)c2ccccc21. The van der Waals surface area contributed by atoms with Gasteiger partial charge in [0.05, 0.1) is 16.8 Å². The van der Waals surface area contributed by atoms with Gasteiger partial charge in [-0.25, -0.2) is 0 Å². The lowest BCUT2D eigenvalue weighted by molar-refractivity contribution is -0.0518. The molecule has 0 spiro atoms. The number of aliphatic hydroxyl groups is 1. The molecule has 1 N–H and O–H groups in total. The summed E-state index contributed by atoms with van der Waals surface area (Å²) in [5, 5.41) is 17.2. The first-order valence-corrected chi connectivity index (χ1v) is 8.87. The Kier molecular flexibility index (Phi) is 3.78. The van der Waals surface area contributed by atoms with Gasteiger partial charge in [0.2, 0.25) is 0 Å². The summed E-state index contributed by atoms with van der Waals surface area (Å²) in [5.74, 6) is 1.94. The zero-order valence-corrected chi connectivity index (χ0v) is 13.9. The molecule has 1 saturated heterocycles. The largest absolute Gasteiger partial charge is 0.388 e. The van der Waals surface area contributed by atoms with Crippen LogP contribution < -0.4 is 0 Å². The lowest BCUT2D eigenvalue weighted by atomic mass is 9.71. The van der Waals surface area contributed by atoms with Crippen LogP contribution in [0.3, 0.4) is 0 Å². The van der Waals surface area contributed by atoms with E-state index >= 15 is 0 Å². The summed E-state index contributed by atoms with van der Waals surface area (Å²) in [7, 11) is 0. The van der Waals surface area contributed by atoms with Gasteiger partial charge in [-0.05, 0) is 30.6 Å². The predicted octanol–water partition coefficient (Wildman–Crippen LogP) is 3.49. The summed E-state index contributed by atoms with van der Waals surface area (Å²) in [5.41, 5.74) is 1.46. The molecule has 1 atom stereocenters. The molecular weight excluding hydrogens is 280 g/mol. The Balaban J connectivity index is 2.01. The molecule has 0 bridgehead atoms. The van der Waals surface area contributed by atoms with Gasteiger partial charge in [-0.1, -0.05) is 32.0 Å². The van der Waals surface area contributed by atoms with Gasteiger partial charge in [-0.2, -0.15) is 16.9 Å². The van der Waals surface area contributed by atoms with Crippen molar-refractivity contribution in [3.8, 4) is 0 Å². The number of hydrogen-bond donors (Lipinski definition) is 1. The quantitative estimate of drug-likeness (QED) is 0.943. The van der Waals surface area contributed by atoms with Crippen molar-refractivity contribution in [2.75, 3.05) is 11.5 Å². The minimum atomic E-state index is -0.675. The number of aryl methyl sites for hydroxylation is 1. The van der Waals surface area contributed by atoms with Crippen molar-refractivity contribution in [1.29, 1.82) is 0 Å². The van der Waals surface area contributed by atoms with Crippen LogP contribution in [-0.4, -0.2) is 32.0 Å². The third kappa shape index (κ3) is 2.49. The molecule has 21 heavy (non-hydrogen) atoms. The monoisotopic (exact) mass is 304 g/mol. The molecule has 2 heterocycles. The molecule has 2 aromatic rings. The van der Waals surface area contributed by atoms with E-state index in [4.69, 9.17) is 5.10 Å². The highest BCUT2D eigenvalue weighted by Gasteiger charge is 2.46. The second kappa shape index (κ2) is 5.33. The first-order valence-electron chi connectivity index (χ1n) is 7.71. The molecule has 1 aromatic carbocycles. The maximum atomic E-state index is 11.2. The Morgan fingerprint density at radius 2 is 2.10 bits per heavy atom. The van der Waals surface area contributed by atoms with Crippen LogP contribution in [0.5, 0.6) is 0 Å². The van der Waals surface area contributed by atoms with E-state index in [-0.39, 0.29) is 5.41 Å². The molecule has 1 unspecified atom stereocenters. The fraction of sp³-hybridized carbons (Fsp3) is 0.588. The second-order valence-corrected chi connectivity index (χ2v) is 7.78. The maximum Gasteiger partial charge on any atom is 0.0844 e. The normalized spacial score (nSPS) is 25.3. The lowest BCUT2D eigenvalue weighted by Crippen LogP contribution is -2.51. The van der Waals surface area contributed by atoms with Crippen molar-refractivity contribution < 1.29 is 5.11 Å². The van der Waals surface area contributed by atoms with Crippen LogP contribution in [0.2, 0.25) is 0 Å². The van der Waals surface area contributed by atoms with Crippen LogP contribution in [0, 0.1) is 5.41 Å². The highest BCUT2D eigenvalue weighted by molar-refractivity contribution is 7.99. The molecule has 1 aliphatic rings. The standard InChI is InChI=1S/C17H24N2OS/c1-4-19-15-8-6-5-7-13(15)14(18-19)11-17(20)12-21-10-9-16(17,2)3/h5-8,20H,4,9-12H2,1-3H3. The topological polar surface area (TPSA) is 38.0 Å². The van der Waals surface area contributed by atoms with E-state index in [1.165, 1.54) is 10.9 Å². The van der Waals surface area contributed by atoms with E-state index in [2.05, 4.69) is 45.0 Å². The van der Waals surface area contributed by atoms with Crippen LogP contribution in [-0.2, 0) is 13.0 Å². The van der Waals surface area contributed by atoms with E-state index in [1.807, 2.05) is 16.4 Å². The van der Waals surface area contributed by atoms with Crippen molar-refractivity contribution in [2.24, 2.45) is 5.41 Å². The summed E-state index contributed by atoms with van der Waals surface area (Å²) in [6.45, 7) is 7.34. The molecule has 0 amide bonds. The van der Waals surface area contributed by atoms with Gasteiger partial charge >= 0.3 is 0 Å². The number of aromatic nitrogens is 2. The summed E-state index contributed by atoms with van der Waals surface area (Å²) in [4.78, 5) is 0. The molecule has 3 rings (SSSR count). The third-order valence-electron chi connectivity index (χ3n) is 4.97. The Labute approximate surface area is 130 Å². The average Bonchev–Trinajstić information content (AvgIpc) is 2.81. The summed E-state index contributed by atoms with van der Waals surface area (Å²) >= 11 is 1.86. The first-order chi connectivity index (χ1) is 9.97. The van der Waals surface area contributed by atoms with E-state index in [9.17, 15) is 5.11 Å². The van der Waals surface area contributed by atoms with E-state index < -0.39 is 5.60 Å². The Morgan fingerprint density at radius 1 is 1.33 bits per heavy atom. The molecule has 0 aliphatic carbocycles. The molecule has 1 fully saturated rings. The zero-order chi connectivity index (χ0) is 15.1. The smallest absolute Gasteiger partial charge is 0.0844 e. The fourth-order valence-corrected chi connectivity index (χ4v) is 4.76. The predicted molar refractivity (Wildman–Crippen MR) is 89.8 cm³/mol. The Bertz CT molecular complexity index is 649. The second-order valence-electron chi connectivity index (χ2n) is 6.67. The average molecular weight is 304 g/mol. The minimum Gasteiger partial charge on any atom is -0.388 e. The Morgan fingerprint density at radius 3 is 2.81 bits per heavy atom. The van der Waals surface area contributed by atoms with Gasteiger partial charge in [0, 0.05) is 24.1 Å². The van der Waals surface area contributed by atoms with E-state index in [1.54, 1.807) is 0 Å². The van der Waals surface area contributed by atoms with Gasteiger partial charge in [-0.3, -0.25) is 4.68 Å². The number of thioether (sulfide) groups is 1. The van der Waals surface area contributed by atoms with Crippen LogP contribution in [0.4, 0.5) is 0 Å². The van der Waals surface area contributed by atoms with E-state index in [0.29, 0.717) is 6.42 Å². The van der Waals surface area contributed by atoms with Crippen molar-refractivity contribution >= 4 is 22.7 Å². The van der Waals surface area contributed by atoms with Crippen molar-refractivity contribution in [3.05, 3.63) is 30.0 Å². The number of nitrogens with zero attached hydrogens (tertiary/aromatic N) is 2. The third-order valence-corrected chi connectivity index (χ3v) is 6.14. The van der Waals surface area contributed by atoms with Crippen LogP contribution in [0.25, 0.3) is 10.9 Å². The summed E-state index contributed by atoms with van der Waals surface area (Å²) < 4.78 is 2.04. The van der Waals surface area contributed by atoms with Crippen LogP contribution in [0.1, 0.15) is 32.9 Å². The molecule has 1 aromatic heterocycles. The highest BCUT2D eigenvalue weighted by atomic mass is 32.2. The van der Waals surface area contributed by atoms with Gasteiger partial charge < -0.3 is 5.11 Å². The van der Waals surface area contributed by atoms with Crippen molar-refractivity contribution in [2.45, 2.75) is 45.8 Å². The highest BCUT2D eigenvalue weighted by Crippen LogP contribution is 2.44. The number of hydrogen-bond acceptors (Lipinski definition) is 3. The summed E-state index contributed by atoms with van der Waals surface area (Å²) in [6.07, 6.45) is 1.70. The number of fused-ring (bicyclic) bond motifs is 1. The maximum absolute atomic E-state index is 11.2. The van der Waals surface area contributed by atoms with Gasteiger partial charge in [0.1, 0.15) is 0 Å². The lowest BCUT2D eigenvalue weighted by Gasteiger charge is -2.46. The number of para-hydroxylation sites is 1. The number of benzene rings is 1. The van der Waals surface area contributed by atoms with Gasteiger partial charge in [0.25, 0.3) is 0 Å². The van der Waals surface area contributed by atoms with Crippen LogP contribution in [0.15, 0.2) is 24.3 Å². The van der Waals surface area contributed by atoms with Crippen LogP contribution >= 0.6 is 11.8 Å². The zero-order valence-electron chi connectivity index (χ0n) is 13.1. The molecule has 1 aliphatic heterocycles. The summed E-state index contributed by atoms with van der Waals surface area (Å²) in [6, 6.07) is 8.34. The van der Waals surface area contributed by atoms with Gasteiger partial charge in [0.15, 0.2) is 0 Å². The molecule has 0 saturated carbocycles. The number of rotatable bonds is 3. The van der Waals surface area contributed by atoms with Crippen molar-refractivity contribution in [3.63, 3.8) is 0 Å². The molecular formula is C17H24N2OS. The molecule has 0 radical (unpaired) electrons. The first kappa shape index (κ1) is 14.9. The Hall–Kier alpha value is -1.00. The van der Waals surface area contributed by atoms with E-state index in [0.717, 1.165) is 30.2 Å². The molecule has 114 valence electrons. The molecule has 3 nitrogen and oxygen atoms in total.